The molecule has 0 heterocycles. The van der Waals surface area contributed by atoms with E-state index in [1.807, 2.05) is 0 Å². The molecule has 0 amide bonds. The Kier molecular flexibility index (Phi) is 2.44. The smallest absolute Gasteiger partial charge is 0.197 e. The minimum absolute atomic E-state index is 0.156. The zero-order valence-corrected chi connectivity index (χ0v) is 6.63. The Hall–Kier alpha value is -1.09. The van der Waals surface area contributed by atoms with Crippen LogP contribution in [-0.2, 0) is 9.63 Å². The molecule has 0 aliphatic heterocycles. The van der Waals surface area contributed by atoms with Gasteiger partial charge in [0.15, 0.2) is 5.78 Å². The van der Waals surface area contributed by atoms with E-state index in [1.54, 1.807) is 0 Å². The SMILES string of the molecule is CO/N=C1/C=CC(=O)C(Cl)=C1. The van der Waals surface area contributed by atoms with Crippen LogP contribution in [0.15, 0.2) is 28.4 Å². The van der Waals surface area contributed by atoms with E-state index in [-0.39, 0.29) is 10.8 Å². The largest absolute Gasteiger partial charge is 0.399 e. The van der Waals surface area contributed by atoms with Crippen molar-refractivity contribution in [2.24, 2.45) is 5.16 Å². The molecule has 1 rings (SSSR count). The van der Waals surface area contributed by atoms with Gasteiger partial charge in [-0.2, -0.15) is 0 Å². The summed E-state index contributed by atoms with van der Waals surface area (Å²) in [5, 5.41) is 3.74. The number of hydrogen-bond acceptors (Lipinski definition) is 3. The van der Waals surface area contributed by atoms with E-state index in [0.717, 1.165) is 0 Å². The Bertz CT molecular complexity index is 266. The Morgan fingerprint density at radius 1 is 1.55 bits per heavy atom. The molecule has 58 valence electrons. The molecule has 0 bridgehead atoms. The minimum Gasteiger partial charge on any atom is -0.399 e. The van der Waals surface area contributed by atoms with Crippen LogP contribution in [0.25, 0.3) is 0 Å². The molecule has 0 saturated heterocycles. The van der Waals surface area contributed by atoms with Gasteiger partial charge in [-0.05, 0) is 18.2 Å². The predicted molar refractivity (Wildman–Crippen MR) is 42.5 cm³/mol. The summed E-state index contributed by atoms with van der Waals surface area (Å²) in [5.74, 6) is -0.207. The molecule has 1 aliphatic rings. The highest BCUT2D eigenvalue weighted by molar-refractivity contribution is 6.47. The van der Waals surface area contributed by atoms with Gasteiger partial charge in [0.05, 0.1) is 5.03 Å². The summed E-state index contributed by atoms with van der Waals surface area (Å²) in [6, 6.07) is 0. The molecule has 3 nitrogen and oxygen atoms in total. The Morgan fingerprint density at radius 2 is 2.27 bits per heavy atom. The molecule has 0 aromatic rings. The molecule has 0 saturated carbocycles. The number of rotatable bonds is 1. The lowest BCUT2D eigenvalue weighted by atomic mass is 10.2. The number of ketones is 1. The summed E-state index contributed by atoms with van der Waals surface area (Å²) < 4.78 is 0. The van der Waals surface area contributed by atoms with Gasteiger partial charge < -0.3 is 4.84 Å². The highest BCUT2D eigenvalue weighted by Crippen LogP contribution is 2.09. The van der Waals surface area contributed by atoms with E-state index in [2.05, 4.69) is 9.99 Å². The average molecular weight is 172 g/mol. The molecule has 0 unspecified atom stereocenters. The van der Waals surface area contributed by atoms with Crippen LogP contribution in [-0.4, -0.2) is 18.6 Å². The third kappa shape index (κ3) is 1.91. The molecule has 0 fully saturated rings. The third-order valence-corrected chi connectivity index (χ3v) is 1.41. The first kappa shape index (κ1) is 8.01. The van der Waals surface area contributed by atoms with Crippen molar-refractivity contribution in [2.45, 2.75) is 0 Å². The van der Waals surface area contributed by atoms with Gasteiger partial charge in [0.25, 0.3) is 0 Å². The number of hydrogen-bond donors (Lipinski definition) is 0. The van der Waals surface area contributed by atoms with Crippen molar-refractivity contribution >= 4 is 23.1 Å². The topological polar surface area (TPSA) is 38.7 Å². The predicted octanol–water partition coefficient (Wildman–Crippen LogP) is 1.25. The van der Waals surface area contributed by atoms with Crippen molar-refractivity contribution in [3.8, 4) is 0 Å². The van der Waals surface area contributed by atoms with Crippen LogP contribution in [0, 0.1) is 0 Å². The molecular weight excluding hydrogens is 166 g/mol. The van der Waals surface area contributed by atoms with Gasteiger partial charge in [0, 0.05) is 0 Å². The van der Waals surface area contributed by atoms with Crippen molar-refractivity contribution in [1.82, 2.24) is 0 Å². The lowest BCUT2D eigenvalue weighted by Crippen LogP contribution is -2.03. The molecular formula is C7H6ClNO2. The highest BCUT2D eigenvalue weighted by Gasteiger charge is 2.08. The summed E-state index contributed by atoms with van der Waals surface area (Å²) in [6.45, 7) is 0. The number of halogens is 1. The lowest BCUT2D eigenvalue weighted by Gasteiger charge is -1.99. The van der Waals surface area contributed by atoms with Crippen LogP contribution in [0.5, 0.6) is 0 Å². The van der Waals surface area contributed by atoms with E-state index in [9.17, 15) is 4.79 Å². The summed E-state index contributed by atoms with van der Waals surface area (Å²) in [4.78, 5) is 15.2. The van der Waals surface area contributed by atoms with Crippen molar-refractivity contribution in [1.29, 1.82) is 0 Å². The fraction of sp³-hybridized carbons (Fsp3) is 0.143. The van der Waals surface area contributed by atoms with Gasteiger partial charge in [-0.3, -0.25) is 4.79 Å². The fourth-order valence-corrected chi connectivity index (χ4v) is 0.827. The van der Waals surface area contributed by atoms with Gasteiger partial charge >= 0.3 is 0 Å². The van der Waals surface area contributed by atoms with Crippen molar-refractivity contribution in [2.75, 3.05) is 7.11 Å². The van der Waals surface area contributed by atoms with Gasteiger partial charge in [-0.1, -0.05) is 16.8 Å². The summed E-state index contributed by atoms with van der Waals surface area (Å²) in [7, 11) is 1.43. The number of nitrogens with zero attached hydrogens (tertiary/aromatic N) is 1. The van der Waals surface area contributed by atoms with E-state index in [4.69, 9.17) is 11.6 Å². The zero-order chi connectivity index (χ0) is 8.27. The summed E-state index contributed by atoms with van der Waals surface area (Å²) in [6.07, 6.45) is 4.34. The van der Waals surface area contributed by atoms with Gasteiger partial charge in [-0.15, -0.1) is 0 Å². The molecule has 4 heteroatoms. The van der Waals surface area contributed by atoms with Crippen molar-refractivity contribution < 1.29 is 9.63 Å². The first-order valence-corrected chi connectivity index (χ1v) is 3.32. The second kappa shape index (κ2) is 3.34. The van der Waals surface area contributed by atoms with Gasteiger partial charge in [-0.25, -0.2) is 0 Å². The molecule has 0 N–H and O–H groups in total. The van der Waals surface area contributed by atoms with Crippen molar-refractivity contribution in [3.63, 3.8) is 0 Å². The maximum absolute atomic E-state index is 10.8. The standard InChI is InChI=1S/C7H6ClNO2/c1-11-9-5-2-3-7(10)6(8)4-5/h2-4H,1H3/b9-5-. The first-order chi connectivity index (χ1) is 5.24. The molecule has 0 aromatic heterocycles. The number of oxime groups is 1. The van der Waals surface area contributed by atoms with Crippen LogP contribution < -0.4 is 0 Å². The van der Waals surface area contributed by atoms with Crippen LogP contribution in [0.4, 0.5) is 0 Å². The summed E-state index contributed by atoms with van der Waals surface area (Å²) in [5.41, 5.74) is 0.539. The number of allylic oxidation sites excluding steroid dienone is 4. The summed E-state index contributed by atoms with van der Waals surface area (Å²) >= 11 is 5.52. The Morgan fingerprint density at radius 3 is 2.82 bits per heavy atom. The zero-order valence-electron chi connectivity index (χ0n) is 5.87. The number of carbonyl (C=O) groups is 1. The molecule has 0 radical (unpaired) electrons. The van der Waals surface area contributed by atoms with Crippen molar-refractivity contribution in [3.05, 3.63) is 23.3 Å². The molecule has 1 aliphatic carbocycles. The van der Waals surface area contributed by atoms with Gasteiger partial charge in [0.1, 0.15) is 12.8 Å². The molecule has 0 spiro atoms. The lowest BCUT2D eigenvalue weighted by molar-refractivity contribution is -0.110. The fourth-order valence-electron chi connectivity index (χ4n) is 0.652. The maximum Gasteiger partial charge on any atom is 0.197 e. The third-order valence-electron chi connectivity index (χ3n) is 1.11. The average Bonchev–Trinajstić information content (AvgIpc) is 1.98. The van der Waals surface area contributed by atoms with Crippen LogP contribution in [0.2, 0.25) is 0 Å². The van der Waals surface area contributed by atoms with Gasteiger partial charge in [0.2, 0.25) is 0 Å². The van der Waals surface area contributed by atoms with E-state index in [0.29, 0.717) is 5.71 Å². The quantitative estimate of drug-likeness (QED) is 0.440. The maximum atomic E-state index is 10.8. The van der Waals surface area contributed by atoms with E-state index >= 15 is 0 Å². The second-order valence-corrected chi connectivity index (χ2v) is 2.30. The highest BCUT2D eigenvalue weighted by atomic mass is 35.5. The minimum atomic E-state index is -0.207. The Balaban J connectivity index is 2.85. The molecule has 0 aromatic carbocycles. The first-order valence-electron chi connectivity index (χ1n) is 2.95. The molecule has 11 heavy (non-hydrogen) atoms. The second-order valence-electron chi connectivity index (χ2n) is 1.89. The Labute approximate surface area is 69.0 Å². The molecule has 0 atom stereocenters. The van der Waals surface area contributed by atoms with E-state index in [1.165, 1.54) is 25.3 Å². The van der Waals surface area contributed by atoms with Crippen LogP contribution >= 0.6 is 11.6 Å². The van der Waals surface area contributed by atoms with Crippen LogP contribution in [0.3, 0.4) is 0 Å². The van der Waals surface area contributed by atoms with E-state index < -0.39 is 0 Å². The normalized spacial score (nSPS) is 20.4. The monoisotopic (exact) mass is 171 g/mol. The number of carbonyl (C=O) groups excluding carboxylic acids is 1. The van der Waals surface area contributed by atoms with Crippen LogP contribution in [0.1, 0.15) is 0 Å².